The average Bonchev–Trinajstić information content (AvgIpc) is 2.43. The molecule has 2 heteroatoms. The van der Waals surface area contributed by atoms with Crippen LogP contribution in [-0.4, -0.2) is 4.98 Å². The van der Waals surface area contributed by atoms with E-state index in [0.717, 1.165) is 0 Å². The molecule has 1 rings (SSSR count). The largest absolute Gasteiger partial charge is 0.353 e. The highest BCUT2D eigenvalue weighted by atomic mass is 14.7. The monoisotopic (exact) mass is 122 g/mol. The minimum absolute atomic E-state index is 0.611. The summed E-state index contributed by atoms with van der Waals surface area (Å²) in [6, 6.07) is 5.46. The molecule has 0 aliphatic heterocycles. The maximum absolute atomic E-state index is 8.15. The van der Waals surface area contributed by atoms with Crippen LogP contribution in [0.25, 0.3) is 0 Å². The van der Waals surface area contributed by atoms with E-state index in [-0.39, 0.29) is 0 Å². The first kappa shape index (κ1) is 7.77. The number of nitriles is 1. The highest BCUT2D eigenvalue weighted by molar-refractivity contribution is 5.18. The third-order valence-electron chi connectivity index (χ3n) is 0.718. The van der Waals surface area contributed by atoms with Gasteiger partial charge in [0, 0.05) is 6.20 Å². The van der Waals surface area contributed by atoms with Gasteiger partial charge in [0.05, 0.1) is 0 Å². The van der Waals surface area contributed by atoms with E-state index < -0.39 is 0 Å². The summed E-state index contributed by atoms with van der Waals surface area (Å²) in [5.74, 6) is 0. The summed E-state index contributed by atoms with van der Waals surface area (Å²) in [5.41, 5.74) is 0.611. The second-order valence-corrected chi connectivity index (χ2v) is 1.20. The van der Waals surface area contributed by atoms with Crippen LogP contribution in [0.2, 0.25) is 0 Å². The molecule has 48 valence electrons. The molecule has 0 aromatic carbocycles. The Labute approximate surface area is 55.1 Å². The molecule has 0 saturated carbocycles. The van der Waals surface area contributed by atoms with Crippen LogP contribution in [0.3, 0.4) is 0 Å². The van der Waals surface area contributed by atoms with Gasteiger partial charge in [-0.25, -0.2) is 0 Å². The number of nitrogens with zero attached hydrogens (tertiary/aromatic N) is 1. The van der Waals surface area contributed by atoms with Gasteiger partial charge in [0.1, 0.15) is 11.8 Å². The molecule has 0 atom stereocenters. The Hall–Kier alpha value is -1.23. The van der Waals surface area contributed by atoms with Gasteiger partial charge in [0.25, 0.3) is 0 Å². The molecule has 0 radical (unpaired) electrons. The van der Waals surface area contributed by atoms with E-state index >= 15 is 0 Å². The predicted octanol–water partition coefficient (Wildman–Crippen LogP) is 1.91. The van der Waals surface area contributed by atoms with Gasteiger partial charge in [0.2, 0.25) is 0 Å². The second-order valence-electron chi connectivity index (χ2n) is 1.20. The van der Waals surface area contributed by atoms with E-state index in [1.54, 1.807) is 18.3 Å². The van der Waals surface area contributed by atoms with E-state index in [1.165, 1.54) is 0 Å². The van der Waals surface area contributed by atoms with Crippen molar-refractivity contribution in [3.63, 3.8) is 0 Å². The van der Waals surface area contributed by atoms with Crippen molar-refractivity contribution in [2.45, 2.75) is 13.8 Å². The fraction of sp³-hybridized carbons (Fsp3) is 0.286. The molecule has 1 heterocycles. The van der Waals surface area contributed by atoms with Crippen molar-refractivity contribution in [1.29, 1.82) is 5.26 Å². The molecule has 1 aromatic heterocycles. The highest BCUT2D eigenvalue weighted by Gasteiger charge is 1.80. The van der Waals surface area contributed by atoms with Gasteiger partial charge in [-0.3, -0.25) is 0 Å². The first-order valence-corrected chi connectivity index (χ1v) is 2.97. The van der Waals surface area contributed by atoms with E-state index in [2.05, 4.69) is 4.98 Å². The fourth-order valence-corrected chi connectivity index (χ4v) is 0.400. The van der Waals surface area contributed by atoms with Crippen molar-refractivity contribution >= 4 is 0 Å². The molecule has 0 amide bonds. The summed E-state index contributed by atoms with van der Waals surface area (Å²) in [6.07, 6.45) is 1.72. The van der Waals surface area contributed by atoms with Gasteiger partial charge in [-0.1, -0.05) is 13.8 Å². The summed E-state index contributed by atoms with van der Waals surface area (Å²) >= 11 is 0. The van der Waals surface area contributed by atoms with E-state index in [9.17, 15) is 0 Å². The van der Waals surface area contributed by atoms with Crippen LogP contribution in [0, 0.1) is 11.3 Å². The molecular formula is C7H10N2. The maximum Gasteiger partial charge on any atom is 0.117 e. The molecule has 9 heavy (non-hydrogen) atoms. The minimum Gasteiger partial charge on any atom is -0.353 e. The SMILES string of the molecule is CC.N#Cc1ccc[nH]1. The summed E-state index contributed by atoms with van der Waals surface area (Å²) in [7, 11) is 0. The van der Waals surface area contributed by atoms with Gasteiger partial charge in [-0.05, 0) is 12.1 Å². The number of H-pyrrole nitrogens is 1. The lowest BCUT2D eigenvalue weighted by Gasteiger charge is -1.66. The number of aromatic nitrogens is 1. The third kappa shape index (κ3) is 2.55. The Morgan fingerprint density at radius 1 is 1.56 bits per heavy atom. The molecule has 0 unspecified atom stereocenters. The molecule has 0 bridgehead atoms. The Bertz CT molecular complexity index is 169. The Kier molecular flexibility index (Phi) is 4.25. The zero-order chi connectivity index (χ0) is 7.11. The van der Waals surface area contributed by atoms with Crippen LogP contribution < -0.4 is 0 Å². The minimum atomic E-state index is 0.611. The van der Waals surface area contributed by atoms with E-state index in [1.807, 2.05) is 19.9 Å². The van der Waals surface area contributed by atoms with Crippen molar-refractivity contribution in [2.24, 2.45) is 0 Å². The van der Waals surface area contributed by atoms with Crippen molar-refractivity contribution in [2.75, 3.05) is 0 Å². The van der Waals surface area contributed by atoms with Gasteiger partial charge < -0.3 is 4.98 Å². The quantitative estimate of drug-likeness (QED) is 0.561. The van der Waals surface area contributed by atoms with Crippen LogP contribution in [0.5, 0.6) is 0 Å². The Morgan fingerprint density at radius 2 is 2.22 bits per heavy atom. The predicted molar refractivity (Wildman–Crippen MR) is 36.9 cm³/mol. The van der Waals surface area contributed by atoms with Crippen LogP contribution in [0.1, 0.15) is 19.5 Å². The lowest BCUT2D eigenvalue weighted by molar-refractivity contribution is 1.33. The van der Waals surface area contributed by atoms with E-state index in [4.69, 9.17) is 5.26 Å². The molecule has 0 saturated heterocycles. The lowest BCUT2D eigenvalue weighted by Crippen LogP contribution is -1.64. The summed E-state index contributed by atoms with van der Waals surface area (Å²) in [5, 5.41) is 8.15. The molecule has 1 N–H and O–H groups in total. The van der Waals surface area contributed by atoms with Gasteiger partial charge in [0.15, 0.2) is 0 Å². The smallest absolute Gasteiger partial charge is 0.117 e. The number of nitrogens with one attached hydrogen (secondary N) is 1. The van der Waals surface area contributed by atoms with Crippen molar-refractivity contribution in [1.82, 2.24) is 4.98 Å². The molecular weight excluding hydrogens is 112 g/mol. The summed E-state index contributed by atoms with van der Waals surface area (Å²) in [6.45, 7) is 4.00. The number of rotatable bonds is 0. The van der Waals surface area contributed by atoms with Crippen LogP contribution >= 0.6 is 0 Å². The van der Waals surface area contributed by atoms with Gasteiger partial charge in [-0.2, -0.15) is 5.26 Å². The molecule has 0 aliphatic rings. The number of hydrogen-bond donors (Lipinski definition) is 1. The first-order chi connectivity index (χ1) is 4.43. The van der Waals surface area contributed by atoms with Gasteiger partial charge in [-0.15, -0.1) is 0 Å². The maximum atomic E-state index is 8.15. The zero-order valence-corrected chi connectivity index (χ0v) is 5.68. The van der Waals surface area contributed by atoms with Crippen molar-refractivity contribution < 1.29 is 0 Å². The standard InChI is InChI=1S/C5H4N2.C2H6/c6-4-5-2-1-3-7-5;1-2/h1-3,7H;1-2H3. The van der Waals surface area contributed by atoms with Crippen molar-refractivity contribution in [3.8, 4) is 6.07 Å². The number of hydrogen-bond acceptors (Lipinski definition) is 1. The lowest BCUT2D eigenvalue weighted by atomic mass is 10.5. The summed E-state index contributed by atoms with van der Waals surface area (Å²) < 4.78 is 0. The number of aromatic amines is 1. The Balaban J connectivity index is 0.000000291. The molecule has 1 aromatic rings. The topological polar surface area (TPSA) is 39.6 Å². The highest BCUT2D eigenvalue weighted by Crippen LogP contribution is 1.87. The Morgan fingerprint density at radius 3 is 2.44 bits per heavy atom. The average molecular weight is 122 g/mol. The first-order valence-electron chi connectivity index (χ1n) is 2.97. The van der Waals surface area contributed by atoms with E-state index in [0.29, 0.717) is 5.69 Å². The van der Waals surface area contributed by atoms with Crippen LogP contribution in [-0.2, 0) is 0 Å². The normalized spacial score (nSPS) is 6.78. The molecule has 0 fully saturated rings. The fourth-order valence-electron chi connectivity index (χ4n) is 0.400. The van der Waals surface area contributed by atoms with Gasteiger partial charge >= 0.3 is 0 Å². The van der Waals surface area contributed by atoms with Crippen LogP contribution in [0.4, 0.5) is 0 Å². The molecule has 2 nitrogen and oxygen atoms in total. The third-order valence-corrected chi connectivity index (χ3v) is 0.718. The molecule has 0 spiro atoms. The zero-order valence-electron chi connectivity index (χ0n) is 5.68. The van der Waals surface area contributed by atoms with Crippen molar-refractivity contribution in [3.05, 3.63) is 24.0 Å². The summed E-state index contributed by atoms with van der Waals surface area (Å²) in [4.78, 5) is 2.73. The van der Waals surface area contributed by atoms with Crippen LogP contribution in [0.15, 0.2) is 18.3 Å². The second kappa shape index (κ2) is 4.92. The molecule has 0 aliphatic carbocycles.